The fraction of sp³-hybridized carbons (Fsp3) is 0.308. The van der Waals surface area contributed by atoms with Gasteiger partial charge < -0.3 is 15.2 Å². The number of fused-ring (bicyclic) bond motifs is 1. The van der Waals surface area contributed by atoms with E-state index in [1.54, 1.807) is 12.1 Å². The summed E-state index contributed by atoms with van der Waals surface area (Å²) in [4.78, 5) is 25.0. The van der Waals surface area contributed by atoms with Gasteiger partial charge >= 0.3 is 5.97 Å². The molecule has 2 N–H and O–H groups in total. The highest BCUT2D eigenvalue weighted by Crippen LogP contribution is 2.42. The highest BCUT2D eigenvalue weighted by Gasteiger charge is 2.28. The first kappa shape index (κ1) is 22.1. The van der Waals surface area contributed by atoms with Crippen LogP contribution in [0.2, 0.25) is 0 Å². The highest BCUT2D eigenvalue weighted by atomic mass is 32.1. The number of rotatable bonds is 6. The summed E-state index contributed by atoms with van der Waals surface area (Å²) in [5, 5.41) is 15.1. The molecule has 5 nitrogen and oxygen atoms in total. The van der Waals surface area contributed by atoms with Crippen molar-refractivity contribution in [2.24, 2.45) is 0 Å². The summed E-state index contributed by atoms with van der Waals surface area (Å²) in [7, 11) is 0. The normalized spacial score (nSPS) is 18.2. The van der Waals surface area contributed by atoms with Gasteiger partial charge in [0.15, 0.2) is 0 Å². The molecule has 0 spiro atoms. The van der Waals surface area contributed by atoms with E-state index in [1.165, 1.54) is 22.5 Å². The lowest BCUT2D eigenvalue weighted by Gasteiger charge is -2.25. The molecule has 0 radical (unpaired) electrons. The largest absolute Gasteiger partial charge is 0.493 e. The van der Waals surface area contributed by atoms with Crippen molar-refractivity contribution >= 4 is 28.2 Å². The number of carbonyl (C=O) groups excluding carboxylic acids is 1. The molecule has 1 atom stereocenters. The quantitative estimate of drug-likeness (QED) is 0.504. The molecule has 32 heavy (non-hydrogen) atoms. The molecule has 1 amide bonds. The second-order valence-electron chi connectivity index (χ2n) is 8.27. The van der Waals surface area contributed by atoms with Crippen LogP contribution < -0.4 is 10.1 Å². The number of amides is 1. The van der Waals surface area contributed by atoms with Crippen LogP contribution in [0.3, 0.4) is 0 Å². The van der Waals surface area contributed by atoms with Gasteiger partial charge in [0.1, 0.15) is 10.8 Å². The van der Waals surface area contributed by atoms with Crippen LogP contribution in [0.1, 0.15) is 70.4 Å². The first-order valence-electron chi connectivity index (χ1n) is 10.9. The lowest BCUT2D eigenvalue weighted by Crippen LogP contribution is -2.16. The van der Waals surface area contributed by atoms with Gasteiger partial charge in [-0.25, -0.2) is 4.79 Å². The molecule has 6 heteroatoms. The third-order valence-corrected chi connectivity index (χ3v) is 7.08. The number of nitrogens with one attached hydrogen (secondary N) is 1. The number of hydrogen-bond acceptors (Lipinski definition) is 4. The summed E-state index contributed by atoms with van der Waals surface area (Å²) in [6.45, 7) is 6.52. The van der Waals surface area contributed by atoms with Gasteiger partial charge in [-0.05, 0) is 85.2 Å². The van der Waals surface area contributed by atoms with Gasteiger partial charge in [-0.2, -0.15) is 0 Å². The van der Waals surface area contributed by atoms with Crippen LogP contribution in [0.25, 0.3) is 0 Å². The topological polar surface area (TPSA) is 75.6 Å². The lowest BCUT2D eigenvalue weighted by atomic mass is 9.80. The number of benzene rings is 1. The lowest BCUT2D eigenvalue weighted by molar-refractivity contribution is 0.0696. The van der Waals surface area contributed by atoms with Crippen LogP contribution in [-0.2, 0) is 6.42 Å². The van der Waals surface area contributed by atoms with E-state index in [4.69, 9.17) is 4.74 Å². The Hall–Kier alpha value is -3.12. The van der Waals surface area contributed by atoms with E-state index in [-0.39, 0.29) is 17.4 Å². The van der Waals surface area contributed by atoms with Crippen molar-refractivity contribution in [2.75, 3.05) is 11.9 Å². The molecule has 2 aliphatic rings. The predicted molar refractivity (Wildman–Crippen MR) is 128 cm³/mol. The number of thiophene rings is 1. The van der Waals surface area contributed by atoms with Crippen LogP contribution >= 0.6 is 11.3 Å². The Morgan fingerprint density at radius 2 is 2.16 bits per heavy atom. The number of carboxylic acids is 1. The highest BCUT2D eigenvalue weighted by molar-refractivity contribution is 7.15. The molecule has 2 heterocycles. The Kier molecular flexibility index (Phi) is 6.61. The Bertz CT molecular complexity index is 1120. The fourth-order valence-corrected chi connectivity index (χ4v) is 5.51. The molecule has 0 saturated carbocycles. The molecule has 0 saturated heterocycles. The maximum absolute atomic E-state index is 12.9. The zero-order chi connectivity index (χ0) is 22.7. The SMILES string of the molecule is C=C/C=C\C1=C(C)CC(c2csc(NC(=O)c3ccc4c(c3)CCCO4)c2C(=O)O)CC1. The Morgan fingerprint density at radius 3 is 2.91 bits per heavy atom. The van der Waals surface area contributed by atoms with Crippen LogP contribution in [0.15, 0.2) is 59.5 Å². The first-order valence-corrected chi connectivity index (χ1v) is 11.8. The molecule has 1 aliphatic heterocycles. The second-order valence-corrected chi connectivity index (χ2v) is 9.15. The Labute approximate surface area is 192 Å². The van der Waals surface area contributed by atoms with E-state index in [9.17, 15) is 14.7 Å². The van der Waals surface area contributed by atoms with Gasteiger partial charge in [0.05, 0.1) is 12.2 Å². The van der Waals surface area contributed by atoms with E-state index in [2.05, 4.69) is 24.9 Å². The zero-order valence-electron chi connectivity index (χ0n) is 18.1. The summed E-state index contributed by atoms with van der Waals surface area (Å²) in [6.07, 6.45) is 10.2. The average molecular weight is 450 g/mol. The molecule has 166 valence electrons. The number of aryl methyl sites for hydroxylation is 1. The number of carbonyl (C=O) groups is 2. The molecule has 1 unspecified atom stereocenters. The summed E-state index contributed by atoms with van der Waals surface area (Å²) in [5.41, 5.74) is 5.10. The minimum atomic E-state index is -1.01. The molecule has 0 bridgehead atoms. The second kappa shape index (κ2) is 9.57. The summed E-state index contributed by atoms with van der Waals surface area (Å²) >= 11 is 1.29. The third-order valence-electron chi connectivity index (χ3n) is 6.17. The summed E-state index contributed by atoms with van der Waals surface area (Å²) in [6, 6.07) is 5.38. The molecule has 1 aliphatic carbocycles. The summed E-state index contributed by atoms with van der Waals surface area (Å²) < 4.78 is 5.62. The number of allylic oxidation sites excluding steroid dienone is 5. The van der Waals surface area contributed by atoms with E-state index in [0.29, 0.717) is 17.2 Å². The summed E-state index contributed by atoms with van der Waals surface area (Å²) in [5.74, 6) is -0.356. The molecule has 2 aromatic rings. The molecule has 4 rings (SSSR count). The van der Waals surface area contributed by atoms with Gasteiger partial charge in [-0.3, -0.25) is 4.79 Å². The van der Waals surface area contributed by atoms with Crippen LogP contribution in [-0.4, -0.2) is 23.6 Å². The number of hydrogen-bond donors (Lipinski definition) is 2. The Morgan fingerprint density at radius 1 is 1.31 bits per heavy atom. The average Bonchev–Trinajstić information content (AvgIpc) is 3.21. The monoisotopic (exact) mass is 449 g/mol. The maximum atomic E-state index is 12.9. The molecular formula is C26H27NO4S. The van der Waals surface area contributed by atoms with Crippen molar-refractivity contribution in [3.8, 4) is 5.75 Å². The van der Waals surface area contributed by atoms with Gasteiger partial charge in [-0.1, -0.05) is 30.4 Å². The first-order chi connectivity index (χ1) is 15.5. The fourth-order valence-electron chi connectivity index (χ4n) is 4.48. The van der Waals surface area contributed by atoms with Gasteiger partial charge in [-0.15, -0.1) is 11.3 Å². The van der Waals surface area contributed by atoms with Crippen LogP contribution in [0.4, 0.5) is 5.00 Å². The van der Waals surface area contributed by atoms with E-state index in [1.807, 2.05) is 23.6 Å². The van der Waals surface area contributed by atoms with Crippen molar-refractivity contribution in [1.82, 2.24) is 0 Å². The van der Waals surface area contributed by atoms with E-state index < -0.39 is 5.97 Å². The smallest absolute Gasteiger partial charge is 0.339 e. The number of anilines is 1. The number of ether oxygens (including phenoxy) is 1. The number of carboxylic acid groups (broad SMARTS) is 1. The number of aromatic carboxylic acids is 1. The zero-order valence-corrected chi connectivity index (χ0v) is 19.0. The molecular weight excluding hydrogens is 422 g/mol. The van der Waals surface area contributed by atoms with Crippen molar-refractivity contribution in [3.63, 3.8) is 0 Å². The van der Waals surface area contributed by atoms with Gasteiger partial charge in [0.25, 0.3) is 5.91 Å². The van der Waals surface area contributed by atoms with Crippen molar-refractivity contribution in [3.05, 3.63) is 81.8 Å². The maximum Gasteiger partial charge on any atom is 0.339 e. The van der Waals surface area contributed by atoms with Gasteiger partial charge in [0.2, 0.25) is 0 Å². The third kappa shape index (κ3) is 4.55. The standard InChI is InChI=1S/C26H27NO4S/c1-3-4-6-17-8-9-18(13-16(17)2)21-15-32-25(23(21)26(29)30)27-24(28)20-10-11-22-19(14-20)7-5-12-31-22/h3-4,6,10-11,14-15,18H,1,5,7-9,12-13H2,2H3,(H,27,28)(H,29,30)/b6-4-. The Balaban J connectivity index is 1.56. The predicted octanol–water partition coefficient (Wildman–Crippen LogP) is 6.35. The molecule has 0 fully saturated rings. The minimum Gasteiger partial charge on any atom is -0.493 e. The van der Waals surface area contributed by atoms with Crippen LogP contribution in [0, 0.1) is 0 Å². The van der Waals surface area contributed by atoms with Crippen molar-refractivity contribution < 1.29 is 19.4 Å². The molecule has 1 aromatic carbocycles. The van der Waals surface area contributed by atoms with Crippen molar-refractivity contribution in [1.29, 1.82) is 0 Å². The minimum absolute atomic E-state index is 0.129. The van der Waals surface area contributed by atoms with Gasteiger partial charge in [0, 0.05) is 5.56 Å². The molecule has 1 aromatic heterocycles. The van der Waals surface area contributed by atoms with E-state index in [0.717, 1.165) is 49.0 Å². The van der Waals surface area contributed by atoms with Crippen molar-refractivity contribution in [2.45, 2.75) is 44.9 Å². The van der Waals surface area contributed by atoms with Crippen LogP contribution in [0.5, 0.6) is 5.75 Å². The van der Waals surface area contributed by atoms with E-state index >= 15 is 0 Å².